The summed E-state index contributed by atoms with van der Waals surface area (Å²) in [6.07, 6.45) is 0. The second-order valence-electron chi connectivity index (χ2n) is 3.32. The Balaban J connectivity index is 3.24. The normalized spacial score (nSPS) is 12.3. The first kappa shape index (κ1) is 15.4. The van der Waals surface area contributed by atoms with Crippen molar-refractivity contribution in [2.75, 3.05) is 15.9 Å². The predicted molar refractivity (Wildman–Crippen MR) is 73.6 cm³/mol. The Bertz CT molecular complexity index is 613. The minimum atomic E-state index is -3.71. The maximum Gasteiger partial charge on any atom is 0.242 e. The number of anilines is 1. The van der Waals surface area contributed by atoms with Crippen molar-refractivity contribution in [3.05, 3.63) is 24.3 Å². The summed E-state index contributed by atoms with van der Waals surface area (Å²) < 4.78 is 50.8. The Hall–Kier alpha value is -0.640. The predicted octanol–water partition coefficient (Wildman–Crippen LogP) is 1.08. The molecule has 0 aliphatic heterocycles. The molecule has 0 atom stereocenters. The van der Waals surface area contributed by atoms with E-state index in [0.717, 1.165) is 0 Å². The first-order valence-corrected chi connectivity index (χ1v) is 9.23. The van der Waals surface area contributed by atoms with Crippen molar-refractivity contribution in [2.24, 2.45) is 0 Å². The molecule has 0 saturated carbocycles. The van der Waals surface area contributed by atoms with Crippen molar-refractivity contribution in [3.63, 3.8) is 0 Å². The second kappa shape index (κ2) is 6.00. The third-order valence-corrected chi connectivity index (χ3v) is 6.15. The van der Waals surface area contributed by atoms with Gasteiger partial charge in [-0.1, -0.05) is 35.0 Å². The summed E-state index contributed by atoms with van der Waals surface area (Å²) in [5, 5.41) is 0. The van der Waals surface area contributed by atoms with Crippen LogP contribution in [0, 0.1) is 0 Å². The van der Waals surface area contributed by atoms with Gasteiger partial charge in [0.05, 0.1) is 5.69 Å². The van der Waals surface area contributed by atoms with Crippen LogP contribution in [0.3, 0.4) is 0 Å². The molecule has 1 aromatic rings. The number of rotatable bonds is 6. The molecule has 0 unspecified atom stereocenters. The van der Waals surface area contributed by atoms with E-state index in [4.69, 9.17) is 0 Å². The van der Waals surface area contributed by atoms with Crippen molar-refractivity contribution < 1.29 is 16.8 Å². The molecule has 1 aromatic carbocycles. The van der Waals surface area contributed by atoms with E-state index in [1.807, 2.05) is 0 Å². The van der Waals surface area contributed by atoms with E-state index >= 15 is 0 Å². The first-order chi connectivity index (χ1) is 8.32. The quantitative estimate of drug-likeness (QED) is 0.746. The summed E-state index contributed by atoms with van der Waals surface area (Å²) in [7, 11) is -7.31. The fraction of sp³-hybridized carbons (Fsp3) is 0.333. The van der Waals surface area contributed by atoms with E-state index in [1.54, 1.807) is 13.0 Å². The zero-order valence-electron chi connectivity index (χ0n) is 9.55. The van der Waals surface area contributed by atoms with Gasteiger partial charge in [0, 0.05) is 6.54 Å². The smallest absolute Gasteiger partial charge is 0.242 e. The van der Waals surface area contributed by atoms with Crippen LogP contribution in [0.25, 0.3) is 0 Å². The van der Waals surface area contributed by atoms with Crippen LogP contribution in [0.5, 0.6) is 0 Å². The minimum Gasteiger partial charge on any atom is -0.281 e. The van der Waals surface area contributed by atoms with Gasteiger partial charge < -0.3 is 0 Å². The van der Waals surface area contributed by atoms with E-state index in [-0.39, 0.29) is 21.8 Å². The molecule has 0 bridgehead atoms. The highest BCUT2D eigenvalue weighted by molar-refractivity contribution is 9.10. The van der Waals surface area contributed by atoms with E-state index in [1.165, 1.54) is 18.2 Å². The lowest BCUT2D eigenvalue weighted by atomic mass is 10.3. The number of sulfonamides is 2. The highest BCUT2D eigenvalue weighted by atomic mass is 79.9. The highest BCUT2D eigenvalue weighted by Gasteiger charge is 2.19. The van der Waals surface area contributed by atoms with Crippen molar-refractivity contribution in [2.45, 2.75) is 11.8 Å². The molecule has 0 amide bonds. The summed E-state index contributed by atoms with van der Waals surface area (Å²) in [5.41, 5.74) is 0.0258. The van der Waals surface area contributed by atoms with Crippen LogP contribution in [-0.4, -0.2) is 28.0 Å². The topological polar surface area (TPSA) is 92.3 Å². The van der Waals surface area contributed by atoms with E-state index < -0.39 is 20.0 Å². The Labute approximate surface area is 115 Å². The fourth-order valence-corrected chi connectivity index (χ4v) is 3.43. The zero-order valence-corrected chi connectivity index (χ0v) is 12.8. The largest absolute Gasteiger partial charge is 0.281 e. The molecule has 18 heavy (non-hydrogen) atoms. The average Bonchev–Trinajstić information content (AvgIpc) is 2.29. The molecular formula is C9H13BrN2O4S2. The van der Waals surface area contributed by atoms with Gasteiger partial charge in [0.15, 0.2) is 0 Å². The van der Waals surface area contributed by atoms with Crippen LogP contribution in [0.1, 0.15) is 6.92 Å². The summed E-state index contributed by atoms with van der Waals surface area (Å²) in [6.45, 7) is 1.87. The lowest BCUT2D eigenvalue weighted by Gasteiger charge is -2.11. The molecule has 6 nitrogen and oxygen atoms in total. The molecule has 0 saturated heterocycles. The van der Waals surface area contributed by atoms with Gasteiger partial charge in [-0.05, 0) is 12.1 Å². The summed E-state index contributed by atoms with van der Waals surface area (Å²) in [4.78, 5) is -0.101. The molecular weight excluding hydrogens is 344 g/mol. The summed E-state index contributed by atoms with van der Waals surface area (Å²) >= 11 is 2.82. The molecule has 0 aliphatic carbocycles. The Morgan fingerprint density at radius 2 is 1.78 bits per heavy atom. The molecule has 102 valence electrons. The van der Waals surface area contributed by atoms with Gasteiger partial charge in [-0.2, -0.15) is 0 Å². The van der Waals surface area contributed by atoms with Gasteiger partial charge in [0.25, 0.3) is 0 Å². The first-order valence-electron chi connectivity index (χ1n) is 4.97. The molecule has 0 aromatic heterocycles. The minimum absolute atomic E-state index is 0.0258. The average molecular weight is 357 g/mol. The lowest BCUT2D eigenvalue weighted by molar-refractivity contribution is 0.584. The van der Waals surface area contributed by atoms with Crippen molar-refractivity contribution >= 4 is 41.7 Å². The van der Waals surface area contributed by atoms with Crippen molar-refractivity contribution in [3.8, 4) is 0 Å². The van der Waals surface area contributed by atoms with Crippen molar-refractivity contribution in [1.29, 1.82) is 0 Å². The number of para-hydroxylation sites is 1. The van der Waals surface area contributed by atoms with Crippen molar-refractivity contribution in [1.82, 2.24) is 4.72 Å². The zero-order chi connectivity index (χ0) is 13.8. The molecule has 0 spiro atoms. The molecule has 2 N–H and O–H groups in total. The summed E-state index contributed by atoms with van der Waals surface area (Å²) in [6, 6.07) is 5.81. The maximum atomic E-state index is 11.9. The number of halogens is 1. The van der Waals surface area contributed by atoms with Crippen LogP contribution in [0.2, 0.25) is 0 Å². The van der Waals surface area contributed by atoms with Crippen LogP contribution >= 0.6 is 15.9 Å². The highest BCUT2D eigenvalue weighted by Crippen LogP contribution is 2.21. The van der Waals surface area contributed by atoms with Gasteiger partial charge in [-0.3, -0.25) is 4.72 Å². The number of hydrogen-bond donors (Lipinski definition) is 2. The monoisotopic (exact) mass is 356 g/mol. The fourth-order valence-electron chi connectivity index (χ4n) is 1.25. The van der Waals surface area contributed by atoms with Crippen LogP contribution in [0.15, 0.2) is 29.2 Å². The second-order valence-corrected chi connectivity index (χ2v) is 8.08. The lowest BCUT2D eigenvalue weighted by Crippen LogP contribution is -2.25. The van der Waals surface area contributed by atoms with Gasteiger partial charge in [0.2, 0.25) is 20.0 Å². The molecule has 1 rings (SSSR count). The van der Waals surface area contributed by atoms with Gasteiger partial charge in [0.1, 0.15) is 9.56 Å². The molecule has 0 aliphatic rings. The van der Waals surface area contributed by atoms with E-state index in [2.05, 4.69) is 25.4 Å². The molecule has 0 heterocycles. The Kier molecular flexibility index (Phi) is 5.14. The van der Waals surface area contributed by atoms with Gasteiger partial charge in [-0.15, -0.1) is 0 Å². The third-order valence-electron chi connectivity index (χ3n) is 1.92. The van der Waals surface area contributed by atoms with E-state index in [9.17, 15) is 16.8 Å². The number of benzene rings is 1. The number of hydrogen-bond acceptors (Lipinski definition) is 4. The number of alkyl halides is 1. The standard InChI is InChI=1S/C9H13BrN2O4S2/c1-2-11-18(15,16)9-6-4-3-5-8(9)12-17(13,14)7-10/h3-6,11-12H,2,7H2,1H3. The molecule has 0 radical (unpaired) electrons. The third kappa shape index (κ3) is 3.94. The Morgan fingerprint density at radius 3 is 2.33 bits per heavy atom. The number of nitrogens with one attached hydrogen (secondary N) is 2. The molecule has 9 heteroatoms. The van der Waals surface area contributed by atoms with Gasteiger partial charge >= 0.3 is 0 Å². The summed E-state index contributed by atoms with van der Waals surface area (Å²) in [5.74, 6) is 0. The maximum absolute atomic E-state index is 11.9. The van der Waals surface area contributed by atoms with Crippen LogP contribution in [0.4, 0.5) is 5.69 Å². The van der Waals surface area contributed by atoms with Crippen LogP contribution < -0.4 is 9.44 Å². The Morgan fingerprint density at radius 1 is 1.17 bits per heavy atom. The molecule has 0 fully saturated rings. The van der Waals surface area contributed by atoms with E-state index in [0.29, 0.717) is 0 Å². The van der Waals surface area contributed by atoms with Crippen LogP contribution in [-0.2, 0) is 20.0 Å². The van der Waals surface area contributed by atoms with Gasteiger partial charge in [-0.25, -0.2) is 21.6 Å². The SMILES string of the molecule is CCNS(=O)(=O)c1ccccc1NS(=O)(=O)CBr.